The molecule has 1 aliphatic rings. The molecule has 1 rings (SSSR count). The first kappa shape index (κ1) is 22.5. The quantitative estimate of drug-likeness (QED) is 0.150. The van der Waals surface area contributed by atoms with Gasteiger partial charge in [-0.3, -0.25) is 0 Å². The van der Waals surface area contributed by atoms with E-state index in [1.807, 2.05) is 0 Å². The van der Waals surface area contributed by atoms with Gasteiger partial charge in [-0.05, 0) is 43.9 Å². The van der Waals surface area contributed by atoms with E-state index in [1.54, 1.807) is 6.21 Å². The van der Waals surface area contributed by atoms with Crippen LogP contribution in [0, 0.1) is 11.8 Å². The molecule has 0 aromatic carbocycles. The van der Waals surface area contributed by atoms with Crippen LogP contribution in [0.5, 0.6) is 0 Å². The van der Waals surface area contributed by atoms with Gasteiger partial charge in [0.2, 0.25) is 0 Å². The summed E-state index contributed by atoms with van der Waals surface area (Å²) in [6, 6.07) is 0.460. The van der Waals surface area contributed by atoms with Gasteiger partial charge in [-0.2, -0.15) is 0 Å². The molecule has 0 amide bonds. The number of rotatable bonds is 15. The van der Waals surface area contributed by atoms with Gasteiger partial charge in [-0.1, -0.05) is 84.0 Å². The molecule has 0 saturated heterocycles. The lowest BCUT2D eigenvalue weighted by Crippen LogP contribution is -2.31. The Morgan fingerprint density at radius 1 is 0.880 bits per heavy atom. The van der Waals surface area contributed by atoms with Crippen molar-refractivity contribution >= 4 is 6.21 Å². The number of nitrogens with zero attached hydrogens (tertiary/aromatic N) is 1. The van der Waals surface area contributed by atoms with Crippen molar-refractivity contribution in [2.45, 2.75) is 122 Å². The molecule has 148 valence electrons. The standard InChI is InChI=1S/C22H44N2O/c1-2-3-9-14-20(19-24-25)15-10-6-4-5-7-13-18-22(23)21-16-11-8-12-17-21/h19-22,25H,2-18,23H2,1H3. The van der Waals surface area contributed by atoms with Gasteiger partial charge in [0.15, 0.2) is 0 Å². The second-order valence-corrected chi connectivity index (χ2v) is 8.28. The molecule has 0 aliphatic heterocycles. The van der Waals surface area contributed by atoms with Crippen molar-refractivity contribution in [2.75, 3.05) is 0 Å². The minimum Gasteiger partial charge on any atom is -0.411 e. The first-order chi connectivity index (χ1) is 12.3. The molecule has 1 fully saturated rings. The minimum absolute atomic E-state index is 0.460. The predicted octanol–water partition coefficient (Wildman–Crippen LogP) is 6.67. The SMILES string of the molecule is CCCCCC(C=NO)CCCCCCCCC(N)C1CCCCC1. The van der Waals surface area contributed by atoms with Crippen LogP contribution in [-0.2, 0) is 0 Å². The third-order valence-electron chi connectivity index (χ3n) is 6.07. The van der Waals surface area contributed by atoms with E-state index in [-0.39, 0.29) is 0 Å². The lowest BCUT2D eigenvalue weighted by Gasteiger charge is -2.27. The fraction of sp³-hybridized carbons (Fsp3) is 0.955. The molecule has 1 saturated carbocycles. The van der Waals surface area contributed by atoms with Crippen molar-refractivity contribution in [3.05, 3.63) is 0 Å². The van der Waals surface area contributed by atoms with Crippen LogP contribution in [-0.4, -0.2) is 17.5 Å². The molecule has 0 bridgehead atoms. The van der Waals surface area contributed by atoms with Crippen LogP contribution >= 0.6 is 0 Å². The Morgan fingerprint density at radius 2 is 1.44 bits per heavy atom. The van der Waals surface area contributed by atoms with Crippen LogP contribution in [0.25, 0.3) is 0 Å². The van der Waals surface area contributed by atoms with Crippen LogP contribution in [0.4, 0.5) is 0 Å². The Hall–Kier alpha value is -0.570. The van der Waals surface area contributed by atoms with Gasteiger partial charge >= 0.3 is 0 Å². The molecule has 3 heteroatoms. The Bertz CT molecular complexity index is 313. The molecule has 2 unspecified atom stereocenters. The van der Waals surface area contributed by atoms with Crippen LogP contribution in [0.15, 0.2) is 5.16 Å². The first-order valence-corrected chi connectivity index (χ1v) is 11.2. The maximum atomic E-state index is 8.79. The highest BCUT2D eigenvalue weighted by Crippen LogP contribution is 2.27. The monoisotopic (exact) mass is 352 g/mol. The summed E-state index contributed by atoms with van der Waals surface area (Å²) in [7, 11) is 0. The number of oxime groups is 1. The normalized spacial score (nSPS) is 18.6. The van der Waals surface area contributed by atoms with E-state index in [1.165, 1.54) is 109 Å². The zero-order chi connectivity index (χ0) is 18.2. The second-order valence-electron chi connectivity index (χ2n) is 8.28. The average molecular weight is 353 g/mol. The topological polar surface area (TPSA) is 58.6 Å². The van der Waals surface area contributed by atoms with E-state index in [2.05, 4.69) is 12.1 Å². The molecule has 0 heterocycles. The van der Waals surface area contributed by atoms with Crippen LogP contribution < -0.4 is 5.73 Å². The number of unbranched alkanes of at least 4 members (excludes halogenated alkanes) is 7. The molecule has 3 nitrogen and oxygen atoms in total. The third kappa shape index (κ3) is 11.6. The minimum atomic E-state index is 0.460. The molecule has 25 heavy (non-hydrogen) atoms. The van der Waals surface area contributed by atoms with Crippen molar-refractivity contribution < 1.29 is 5.21 Å². The number of hydrogen-bond acceptors (Lipinski definition) is 3. The molecule has 1 aliphatic carbocycles. The highest BCUT2D eigenvalue weighted by atomic mass is 16.4. The molecule has 2 atom stereocenters. The fourth-order valence-electron chi connectivity index (χ4n) is 4.34. The largest absolute Gasteiger partial charge is 0.411 e. The van der Waals surface area contributed by atoms with Crippen molar-refractivity contribution in [3.63, 3.8) is 0 Å². The van der Waals surface area contributed by atoms with Crippen LogP contribution in [0.1, 0.15) is 116 Å². The van der Waals surface area contributed by atoms with Crippen LogP contribution in [0.2, 0.25) is 0 Å². The maximum Gasteiger partial charge on any atom is 0.0466 e. The summed E-state index contributed by atoms with van der Waals surface area (Å²) in [6.45, 7) is 2.23. The highest BCUT2D eigenvalue weighted by molar-refractivity contribution is 5.59. The molecule has 0 aromatic heterocycles. The van der Waals surface area contributed by atoms with Gasteiger partial charge in [0.1, 0.15) is 0 Å². The average Bonchev–Trinajstić information content (AvgIpc) is 2.64. The second kappa shape index (κ2) is 15.7. The summed E-state index contributed by atoms with van der Waals surface area (Å²) in [5.41, 5.74) is 6.39. The predicted molar refractivity (Wildman–Crippen MR) is 109 cm³/mol. The zero-order valence-electron chi connectivity index (χ0n) is 16.8. The molecule has 3 N–H and O–H groups in total. The lowest BCUT2D eigenvalue weighted by atomic mass is 9.82. The van der Waals surface area contributed by atoms with E-state index in [0.717, 1.165) is 5.92 Å². The Morgan fingerprint density at radius 3 is 2.04 bits per heavy atom. The van der Waals surface area contributed by atoms with Crippen molar-refractivity contribution in [1.29, 1.82) is 0 Å². The molecular formula is C22H44N2O. The summed E-state index contributed by atoms with van der Waals surface area (Å²) >= 11 is 0. The van der Waals surface area contributed by atoms with Crippen molar-refractivity contribution in [3.8, 4) is 0 Å². The van der Waals surface area contributed by atoms with E-state index in [0.29, 0.717) is 12.0 Å². The van der Waals surface area contributed by atoms with E-state index < -0.39 is 0 Å². The first-order valence-electron chi connectivity index (χ1n) is 11.2. The summed E-state index contributed by atoms with van der Waals surface area (Å²) in [5, 5.41) is 12.1. The number of hydrogen-bond donors (Lipinski definition) is 2. The summed E-state index contributed by atoms with van der Waals surface area (Å²) in [5.74, 6) is 1.29. The summed E-state index contributed by atoms with van der Waals surface area (Å²) in [6.07, 6.45) is 24.1. The Labute approximate surface area is 156 Å². The van der Waals surface area contributed by atoms with Gasteiger partial charge in [-0.25, -0.2) is 0 Å². The summed E-state index contributed by atoms with van der Waals surface area (Å²) < 4.78 is 0. The van der Waals surface area contributed by atoms with Crippen LogP contribution in [0.3, 0.4) is 0 Å². The van der Waals surface area contributed by atoms with Crippen molar-refractivity contribution in [1.82, 2.24) is 0 Å². The van der Waals surface area contributed by atoms with Gasteiger partial charge < -0.3 is 10.9 Å². The Balaban J connectivity index is 1.94. The molecule has 0 aromatic rings. The highest BCUT2D eigenvalue weighted by Gasteiger charge is 2.19. The molecule has 0 spiro atoms. The van der Waals surface area contributed by atoms with E-state index in [4.69, 9.17) is 10.9 Å². The maximum absolute atomic E-state index is 8.79. The van der Waals surface area contributed by atoms with Gasteiger partial charge in [0.05, 0.1) is 0 Å². The number of nitrogens with two attached hydrogens (primary N) is 1. The fourth-order valence-corrected chi connectivity index (χ4v) is 4.34. The lowest BCUT2D eigenvalue weighted by molar-refractivity contribution is 0.290. The summed E-state index contributed by atoms with van der Waals surface area (Å²) in [4.78, 5) is 0. The van der Waals surface area contributed by atoms with Crippen molar-refractivity contribution in [2.24, 2.45) is 22.7 Å². The molecule has 0 radical (unpaired) electrons. The molecular weight excluding hydrogens is 308 g/mol. The smallest absolute Gasteiger partial charge is 0.0466 e. The van der Waals surface area contributed by atoms with Gasteiger partial charge in [-0.15, -0.1) is 5.16 Å². The van der Waals surface area contributed by atoms with E-state index in [9.17, 15) is 0 Å². The van der Waals surface area contributed by atoms with Gasteiger partial charge in [0.25, 0.3) is 0 Å². The van der Waals surface area contributed by atoms with Gasteiger partial charge in [0, 0.05) is 12.3 Å². The third-order valence-corrected chi connectivity index (χ3v) is 6.07. The van der Waals surface area contributed by atoms with E-state index >= 15 is 0 Å². The Kier molecular flexibility index (Phi) is 14.1. The zero-order valence-corrected chi connectivity index (χ0v) is 16.8.